The van der Waals surface area contributed by atoms with Crippen molar-refractivity contribution in [1.82, 2.24) is 5.43 Å². The number of nitrogens with zero attached hydrogens (tertiary/aromatic N) is 2. The van der Waals surface area contributed by atoms with Crippen LogP contribution in [0.5, 0.6) is 11.5 Å². The van der Waals surface area contributed by atoms with E-state index < -0.39 is 0 Å². The van der Waals surface area contributed by atoms with E-state index >= 15 is 0 Å². The summed E-state index contributed by atoms with van der Waals surface area (Å²) in [6.45, 7) is 0. The zero-order valence-electron chi connectivity index (χ0n) is 13.6. The van der Waals surface area contributed by atoms with Crippen LogP contribution < -0.4 is 15.1 Å². The van der Waals surface area contributed by atoms with Gasteiger partial charge in [-0.05, 0) is 57.9 Å². The minimum atomic E-state index is -0.304. The van der Waals surface area contributed by atoms with Crippen LogP contribution in [0.1, 0.15) is 15.9 Å². The molecule has 0 unspecified atom stereocenters. The number of phenolic OH excluding ortho intramolecular Hbond substituents is 1. The largest absolute Gasteiger partial charge is 0.503 e. The van der Waals surface area contributed by atoms with E-state index in [1.807, 2.05) is 31.1 Å². The van der Waals surface area contributed by atoms with Crippen molar-refractivity contribution in [3.63, 3.8) is 0 Å². The van der Waals surface area contributed by atoms with Crippen molar-refractivity contribution in [2.24, 2.45) is 5.10 Å². The van der Waals surface area contributed by atoms with Crippen LogP contribution in [0.4, 0.5) is 5.69 Å². The van der Waals surface area contributed by atoms with Crippen molar-refractivity contribution in [3.8, 4) is 11.5 Å². The predicted octanol–water partition coefficient (Wildman–Crippen LogP) is 2.99. The van der Waals surface area contributed by atoms with Crippen LogP contribution in [0.3, 0.4) is 0 Å². The number of benzene rings is 2. The molecule has 126 valence electrons. The molecule has 2 rings (SSSR count). The Morgan fingerprint density at radius 2 is 1.96 bits per heavy atom. The lowest BCUT2D eigenvalue weighted by molar-refractivity contribution is 0.0955. The lowest BCUT2D eigenvalue weighted by Crippen LogP contribution is -2.18. The molecule has 2 aromatic rings. The van der Waals surface area contributed by atoms with Gasteiger partial charge in [-0.1, -0.05) is 0 Å². The monoisotopic (exact) mass is 391 g/mol. The Morgan fingerprint density at radius 1 is 1.29 bits per heavy atom. The van der Waals surface area contributed by atoms with Crippen LogP contribution in [0.25, 0.3) is 0 Å². The highest BCUT2D eigenvalue weighted by Crippen LogP contribution is 2.34. The smallest absolute Gasteiger partial charge is 0.271 e. The summed E-state index contributed by atoms with van der Waals surface area (Å²) >= 11 is 3.23. The van der Waals surface area contributed by atoms with Crippen LogP contribution in [-0.4, -0.2) is 38.4 Å². The highest BCUT2D eigenvalue weighted by atomic mass is 79.9. The summed E-state index contributed by atoms with van der Waals surface area (Å²) in [5, 5.41) is 13.7. The van der Waals surface area contributed by atoms with Crippen molar-refractivity contribution in [3.05, 3.63) is 52.0 Å². The zero-order chi connectivity index (χ0) is 17.7. The highest BCUT2D eigenvalue weighted by Gasteiger charge is 2.08. The quantitative estimate of drug-likeness (QED) is 0.606. The van der Waals surface area contributed by atoms with E-state index in [-0.39, 0.29) is 11.7 Å². The number of aromatic hydroxyl groups is 1. The topological polar surface area (TPSA) is 74.2 Å². The molecule has 2 aromatic carbocycles. The molecule has 0 aliphatic carbocycles. The third kappa shape index (κ3) is 4.26. The van der Waals surface area contributed by atoms with Crippen molar-refractivity contribution in [1.29, 1.82) is 0 Å². The summed E-state index contributed by atoms with van der Waals surface area (Å²) in [6, 6.07) is 10.5. The average molecular weight is 392 g/mol. The molecule has 0 spiro atoms. The predicted molar refractivity (Wildman–Crippen MR) is 98.2 cm³/mol. The van der Waals surface area contributed by atoms with Gasteiger partial charge in [0.25, 0.3) is 5.91 Å². The van der Waals surface area contributed by atoms with Crippen molar-refractivity contribution < 1.29 is 14.6 Å². The number of rotatable bonds is 5. The molecule has 0 fully saturated rings. The Balaban J connectivity index is 2.06. The number of methoxy groups -OCH3 is 1. The van der Waals surface area contributed by atoms with E-state index in [4.69, 9.17) is 4.74 Å². The Hall–Kier alpha value is -2.54. The fraction of sp³-hybridized carbons (Fsp3) is 0.176. The second-order valence-corrected chi connectivity index (χ2v) is 6.05. The maximum atomic E-state index is 12.0. The Kier molecular flexibility index (Phi) is 5.81. The van der Waals surface area contributed by atoms with Crippen molar-refractivity contribution in [2.75, 3.05) is 26.1 Å². The molecule has 0 bridgehead atoms. The summed E-state index contributed by atoms with van der Waals surface area (Å²) in [6.07, 6.45) is 1.47. The number of hydrogen-bond donors (Lipinski definition) is 2. The lowest BCUT2D eigenvalue weighted by atomic mass is 10.2. The zero-order valence-corrected chi connectivity index (χ0v) is 15.2. The van der Waals surface area contributed by atoms with Crippen LogP contribution in [-0.2, 0) is 0 Å². The third-order valence-electron chi connectivity index (χ3n) is 3.30. The number of halogens is 1. The molecule has 0 atom stereocenters. The van der Waals surface area contributed by atoms with Crippen LogP contribution >= 0.6 is 15.9 Å². The summed E-state index contributed by atoms with van der Waals surface area (Å²) in [7, 11) is 5.33. The summed E-state index contributed by atoms with van der Waals surface area (Å²) in [4.78, 5) is 14.0. The van der Waals surface area contributed by atoms with Gasteiger partial charge in [-0.25, -0.2) is 5.43 Å². The highest BCUT2D eigenvalue weighted by molar-refractivity contribution is 9.10. The van der Waals surface area contributed by atoms with Gasteiger partial charge in [0.2, 0.25) is 0 Å². The summed E-state index contributed by atoms with van der Waals surface area (Å²) in [5.74, 6) is 0.0254. The number of amides is 1. The first-order chi connectivity index (χ1) is 11.4. The number of ether oxygens (including phenoxy) is 1. The number of carbonyl (C=O) groups is 1. The minimum Gasteiger partial charge on any atom is -0.503 e. The van der Waals surface area contributed by atoms with Gasteiger partial charge in [0, 0.05) is 25.3 Å². The lowest BCUT2D eigenvalue weighted by Gasteiger charge is -2.12. The van der Waals surface area contributed by atoms with Gasteiger partial charge in [0.15, 0.2) is 11.5 Å². The number of hydrogen-bond acceptors (Lipinski definition) is 5. The van der Waals surface area contributed by atoms with Gasteiger partial charge in [0.05, 0.1) is 17.8 Å². The fourth-order valence-corrected chi connectivity index (χ4v) is 2.42. The molecule has 0 radical (unpaired) electrons. The van der Waals surface area contributed by atoms with E-state index in [9.17, 15) is 9.90 Å². The molecule has 6 nitrogen and oxygen atoms in total. The molecule has 0 aliphatic rings. The van der Waals surface area contributed by atoms with E-state index in [0.717, 1.165) is 5.69 Å². The summed E-state index contributed by atoms with van der Waals surface area (Å²) < 4.78 is 5.54. The molecule has 0 saturated carbocycles. The van der Waals surface area contributed by atoms with Gasteiger partial charge in [-0.15, -0.1) is 0 Å². The maximum Gasteiger partial charge on any atom is 0.271 e. The molecule has 24 heavy (non-hydrogen) atoms. The van der Waals surface area contributed by atoms with Gasteiger partial charge in [0.1, 0.15) is 0 Å². The maximum absolute atomic E-state index is 12.0. The average Bonchev–Trinajstić information content (AvgIpc) is 2.57. The summed E-state index contributed by atoms with van der Waals surface area (Å²) in [5.41, 5.74) is 4.66. The molecule has 0 aromatic heterocycles. The van der Waals surface area contributed by atoms with Gasteiger partial charge in [-0.3, -0.25) is 4.79 Å². The van der Waals surface area contributed by atoms with Gasteiger partial charge >= 0.3 is 0 Å². The first-order valence-corrected chi connectivity index (χ1v) is 7.89. The van der Waals surface area contributed by atoms with E-state index in [2.05, 4.69) is 26.5 Å². The normalized spacial score (nSPS) is 10.7. The Bertz CT molecular complexity index is 758. The first kappa shape index (κ1) is 17.8. The van der Waals surface area contributed by atoms with Crippen LogP contribution in [0.2, 0.25) is 0 Å². The molecule has 0 heterocycles. The Morgan fingerprint density at radius 3 is 2.54 bits per heavy atom. The molecule has 0 saturated heterocycles. The first-order valence-electron chi connectivity index (χ1n) is 7.09. The number of nitrogens with one attached hydrogen (secondary N) is 1. The Labute approximate surface area is 148 Å². The molecule has 2 N–H and O–H groups in total. The minimum absolute atomic E-state index is 0.0136. The second kappa shape index (κ2) is 7.83. The van der Waals surface area contributed by atoms with Crippen molar-refractivity contribution in [2.45, 2.75) is 0 Å². The van der Waals surface area contributed by atoms with E-state index in [0.29, 0.717) is 21.3 Å². The fourth-order valence-electron chi connectivity index (χ4n) is 1.96. The third-order valence-corrected chi connectivity index (χ3v) is 3.90. The van der Waals surface area contributed by atoms with Crippen molar-refractivity contribution >= 4 is 33.7 Å². The van der Waals surface area contributed by atoms with Gasteiger partial charge < -0.3 is 14.7 Å². The molecule has 0 aliphatic heterocycles. The molecule has 1 amide bonds. The van der Waals surface area contributed by atoms with Gasteiger partial charge in [-0.2, -0.15) is 5.10 Å². The standard InChI is InChI=1S/C17H18BrN3O3/c1-21(2)13-6-4-12(5-7-13)17(23)20-19-10-11-8-14(18)16(22)15(9-11)24-3/h4-10,22H,1-3H3,(H,20,23)/b19-10+. The molecule has 7 heteroatoms. The molecular weight excluding hydrogens is 374 g/mol. The number of phenols is 1. The van der Waals surface area contributed by atoms with E-state index in [1.54, 1.807) is 24.3 Å². The van der Waals surface area contributed by atoms with Crippen LogP contribution in [0.15, 0.2) is 46.0 Å². The second-order valence-electron chi connectivity index (χ2n) is 5.19. The number of hydrazone groups is 1. The number of anilines is 1. The van der Waals surface area contributed by atoms with E-state index in [1.165, 1.54) is 13.3 Å². The van der Waals surface area contributed by atoms with Crippen LogP contribution in [0, 0.1) is 0 Å². The SMILES string of the molecule is COc1cc(/C=N/NC(=O)c2ccc(N(C)C)cc2)cc(Br)c1O. The molecular formula is C17H18BrN3O3. The number of carbonyl (C=O) groups excluding carboxylic acids is 1.